The Morgan fingerprint density at radius 2 is 0.963 bits per heavy atom. The summed E-state index contributed by atoms with van der Waals surface area (Å²) in [6.45, 7) is 0.0674. The summed E-state index contributed by atoms with van der Waals surface area (Å²) in [4.78, 5) is 0. The molecule has 0 N–H and O–H groups in total. The van der Waals surface area contributed by atoms with Gasteiger partial charge in [0.25, 0.3) is 0 Å². The first-order valence-corrected chi connectivity index (χ1v) is 5.93. The number of rotatable bonds is 11. The highest BCUT2D eigenvalue weighted by Gasteiger charge is 2.74. The Hall–Kier alpha value is -1.33. The molecule has 0 saturated heterocycles. The second-order valence-corrected chi connectivity index (χ2v) is 4.26. The van der Waals surface area contributed by atoms with E-state index in [1.165, 1.54) is 4.74 Å². The molecule has 0 heterocycles. The maximum atomic E-state index is 13.0. The molecule has 0 bridgehead atoms. The minimum Gasteiger partial charge on any atom is -0.368 e. The van der Waals surface area contributed by atoms with E-state index < -0.39 is 50.1 Å². The fourth-order valence-corrected chi connectivity index (χ4v) is 1.02. The summed E-state index contributed by atoms with van der Waals surface area (Å²) >= 11 is 0. The first-order valence-electron chi connectivity index (χ1n) is 5.93. The molecule has 0 radical (unpaired) electrons. The molecule has 4 nitrogen and oxygen atoms in total. The van der Waals surface area contributed by atoms with Crippen LogP contribution in [0.1, 0.15) is 0 Å². The van der Waals surface area contributed by atoms with Crippen LogP contribution >= 0.6 is 0 Å². The van der Waals surface area contributed by atoms with E-state index in [4.69, 9.17) is 0 Å². The van der Waals surface area contributed by atoms with Crippen LogP contribution in [0.2, 0.25) is 0 Å². The lowest BCUT2D eigenvalue weighted by atomic mass is 10.5. The number of hydrogen-bond acceptors (Lipinski definition) is 4. The van der Waals surface area contributed by atoms with Gasteiger partial charge in [-0.2, -0.15) is 43.9 Å². The predicted molar refractivity (Wildman–Crippen MR) is 55.1 cm³/mol. The maximum Gasteiger partial charge on any atom is 0.527 e. The highest BCUT2D eigenvalue weighted by atomic mass is 19.4. The maximum absolute atomic E-state index is 13.0. The van der Waals surface area contributed by atoms with Crippen LogP contribution in [0.3, 0.4) is 0 Å². The summed E-state index contributed by atoms with van der Waals surface area (Å²) in [7, 11) is 0. The Kier molecular flexibility index (Phi) is 7.57. The smallest absolute Gasteiger partial charge is 0.368 e. The zero-order valence-corrected chi connectivity index (χ0v) is 12.2. The van der Waals surface area contributed by atoms with Crippen LogP contribution < -0.4 is 0 Å². The van der Waals surface area contributed by atoms with E-state index in [-0.39, 0.29) is 0 Å². The molecule has 0 spiro atoms. The van der Waals surface area contributed by atoms with Crippen molar-refractivity contribution in [1.29, 1.82) is 0 Å². The molecule has 27 heavy (non-hydrogen) atoms. The van der Waals surface area contributed by atoms with E-state index in [0.29, 0.717) is 0 Å². The summed E-state index contributed by atoms with van der Waals surface area (Å²) < 4.78 is 172. The van der Waals surface area contributed by atoms with Crippen LogP contribution in [0.4, 0.5) is 57.1 Å². The molecule has 0 atom stereocenters. The Morgan fingerprint density at radius 3 is 1.33 bits per heavy atom. The second kappa shape index (κ2) is 7.96. The number of ether oxygens (including phenoxy) is 4. The highest BCUT2D eigenvalue weighted by Crippen LogP contribution is 2.48. The molecule has 0 aliphatic carbocycles. The van der Waals surface area contributed by atoms with Gasteiger partial charge in [0, 0.05) is 0 Å². The fraction of sp³-hybridized carbons (Fsp3) is 0.800. The molecule has 0 amide bonds. The van der Waals surface area contributed by atoms with E-state index in [1.807, 2.05) is 0 Å². The van der Waals surface area contributed by atoms with Gasteiger partial charge < -0.3 is 4.74 Å². The Balaban J connectivity index is 5.37. The molecular weight excluding hydrogens is 431 g/mol. The molecule has 162 valence electrons. The SMILES string of the molecule is C=CCOCC(F)(F)OC(F)(F)C(F)(F)OC(F)(F)C(F)(F)OC(F)(F)F. The van der Waals surface area contributed by atoms with Crippen LogP contribution in [-0.4, -0.2) is 50.1 Å². The molecule has 0 aliphatic rings. The summed E-state index contributed by atoms with van der Waals surface area (Å²) in [6.07, 6.45) is -38.7. The summed E-state index contributed by atoms with van der Waals surface area (Å²) in [5.41, 5.74) is 0. The molecule has 0 aromatic rings. The summed E-state index contributed by atoms with van der Waals surface area (Å²) in [6, 6.07) is 0. The van der Waals surface area contributed by atoms with Gasteiger partial charge in [-0.15, -0.1) is 19.8 Å². The average molecular weight is 438 g/mol. The second-order valence-electron chi connectivity index (χ2n) is 4.26. The summed E-state index contributed by atoms with van der Waals surface area (Å²) in [5.74, 6) is 0. The standard InChI is InChI=1S/C10H7F13O4/c1-2-3-24-4-5(11,12)25-6(13,14)7(15,16)26-8(17,18)9(19,20)27-10(21,22)23/h2H,1,3-4H2. The van der Waals surface area contributed by atoms with Crippen molar-refractivity contribution in [2.24, 2.45) is 0 Å². The minimum absolute atomic E-state index is 0.726. The fourth-order valence-electron chi connectivity index (χ4n) is 1.02. The van der Waals surface area contributed by atoms with Crippen molar-refractivity contribution >= 4 is 0 Å². The van der Waals surface area contributed by atoms with E-state index in [9.17, 15) is 57.1 Å². The molecular formula is C10H7F13O4. The Labute approximate surface area is 140 Å². The van der Waals surface area contributed by atoms with Gasteiger partial charge in [0.2, 0.25) is 0 Å². The van der Waals surface area contributed by atoms with Crippen LogP contribution in [0.5, 0.6) is 0 Å². The number of hydrogen-bond donors (Lipinski definition) is 0. The lowest BCUT2D eigenvalue weighted by molar-refractivity contribution is -0.564. The third-order valence-electron chi connectivity index (χ3n) is 1.96. The van der Waals surface area contributed by atoms with Gasteiger partial charge in [-0.25, -0.2) is 14.2 Å². The third kappa shape index (κ3) is 7.67. The van der Waals surface area contributed by atoms with Crippen molar-refractivity contribution in [1.82, 2.24) is 0 Å². The quantitative estimate of drug-likeness (QED) is 0.266. The third-order valence-corrected chi connectivity index (χ3v) is 1.96. The molecule has 0 unspecified atom stereocenters. The van der Waals surface area contributed by atoms with Gasteiger partial charge in [0.05, 0.1) is 6.61 Å². The van der Waals surface area contributed by atoms with Gasteiger partial charge in [0.1, 0.15) is 6.61 Å². The number of halogens is 13. The van der Waals surface area contributed by atoms with Crippen molar-refractivity contribution in [3.05, 3.63) is 12.7 Å². The first-order chi connectivity index (χ1) is 11.7. The summed E-state index contributed by atoms with van der Waals surface area (Å²) in [5, 5.41) is 0. The molecule has 17 heteroatoms. The molecule has 0 fully saturated rings. The molecule has 0 saturated carbocycles. The lowest BCUT2D eigenvalue weighted by Gasteiger charge is -2.33. The zero-order chi connectivity index (χ0) is 21.9. The van der Waals surface area contributed by atoms with Gasteiger partial charge in [0.15, 0.2) is 0 Å². The predicted octanol–water partition coefficient (Wildman–Crippen LogP) is 4.72. The molecule has 0 aromatic carbocycles. The van der Waals surface area contributed by atoms with Crippen LogP contribution in [-0.2, 0) is 18.9 Å². The number of alkyl halides is 13. The van der Waals surface area contributed by atoms with Gasteiger partial charge in [-0.1, -0.05) is 6.08 Å². The van der Waals surface area contributed by atoms with Gasteiger partial charge in [-0.05, 0) is 0 Å². The van der Waals surface area contributed by atoms with Crippen molar-refractivity contribution in [2.45, 2.75) is 36.9 Å². The Morgan fingerprint density at radius 1 is 0.593 bits per heavy atom. The van der Waals surface area contributed by atoms with E-state index >= 15 is 0 Å². The monoisotopic (exact) mass is 438 g/mol. The first kappa shape index (κ1) is 25.7. The normalized spacial score (nSPS) is 15.1. The van der Waals surface area contributed by atoms with Gasteiger partial charge in [-0.3, -0.25) is 0 Å². The molecule has 0 aromatic heterocycles. The van der Waals surface area contributed by atoms with Crippen molar-refractivity contribution < 1.29 is 76.0 Å². The van der Waals surface area contributed by atoms with Crippen molar-refractivity contribution in [3.63, 3.8) is 0 Å². The van der Waals surface area contributed by atoms with E-state index in [1.54, 1.807) is 4.74 Å². The average Bonchev–Trinajstić information content (AvgIpc) is 2.32. The van der Waals surface area contributed by atoms with E-state index in [0.717, 1.165) is 6.08 Å². The highest BCUT2D eigenvalue weighted by molar-refractivity contribution is 4.76. The minimum atomic E-state index is -7.06. The Bertz CT molecular complexity index is 502. The molecule has 0 aliphatic heterocycles. The van der Waals surface area contributed by atoms with Gasteiger partial charge >= 0.3 is 36.9 Å². The lowest BCUT2D eigenvalue weighted by Crippen LogP contribution is -2.57. The molecule has 0 rings (SSSR count). The van der Waals surface area contributed by atoms with Crippen LogP contribution in [0.25, 0.3) is 0 Å². The van der Waals surface area contributed by atoms with Crippen LogP contribution in [0.15, 0.2) is 12.7 Å². The van der Waals surface area contributed by atoms with E-state index in [2.05, 4.69) is 16.1 Å². The topological polar surface area (TPSA) is 36.9 Å². The zero-order valence-electron chi connectivity index (χ0n) is 12.2. The van der Waals surface area contributed by atoms with Crippen LogP contribution in [0, 0.1) is 0 Å². The largest absolute Gasteiger partial charge is 0.527 e. The van der Waals surface area contributed by atoms with Crippen molar-refractivity contribution in [2.75, 3.05) is 13.2 Å². The van der Waals surface area contributed by atoms with Crippen molar-refractivity contribution in [3.8, 4) is 0 Å².